The number of nitrogens with two attached hydrogens (primary N) is 1. The van der Waals surface area contributed by atoms with Crippen LogP contribution in [-0.2, 0) is 11.3 Å². The molecule has 0 bridgehead atoms. The Morgan fingerprint density at radius 1 is 1.18 bits per heavy atom. The first-order valence-corrected chi connectivity index (χ1v) is 11.8. The van der Waals surface area contributed by atoms with Crippen LogP contribution < -0.4 is 19.9 Å². The molecule has 2 aromatic rings. The highest BCUT2D eigenvalue weighted by atomic mass is 16.7. The molecular weight excluding hydrogens is 486 g/mol. The van der Waals surface area contributed by atoms with Gasteiger partial charge < -0.3 is 29.6 Å². The van der Waals surface area contributed by atoms with Crippen LogP contribution in [0.2, 0.25) is 0 Å². The fourth-order valence-electron chi connectivity index (χ4n) is 5.35. The molecule has 1 amide bonds. The lowest BCUT2D eigenvalue weighted by molar-refractivity contribution is 0.0898. The number of hydrogen-bond donors (Lipinski definition) is 1. The summed E-state index contributed by atoms with van der Waals surface area (Å²) in [4.78, 5) is 14.5. The Labute approximate surface area is 219 Å². The van der Waals surface area contributed by atoms with Crippen LogP contribution >= 0.6 is 0 Å². The van der Waals surface area contributed by atoms with Crippen LogP contribution in [0.1, 0.15) is 17.0 Å². The Morgan fingerprint density at radius 3 is 2.63 bits per heavy atom. The van der Waals surface area contributed by atoms with Crippen LogP contribution in [0.4, 0.5) is 4.79 Å². The summed E-state index contributed by atoms with van der Waals surface area (Å²) >= 11 is 0. The summed E-state index contributed by atoms with van der Waals surface area (Å²) in [6.07, 6.45) is 1.19. The summed E-state index contributed by atoms with van der Waals surface area (Å²) in [6, 6.07) is 18.9. The topological polar surface area (TPSA) is 155 Å². The Bertz CT molecular complexity index is 1460. The van der Waals surface area contributed by atoms with E-state index >= 15 is 0 Å². The minimum atomic E-state index is -1.89. The van der Waals surface area contributed by atoms with Gasteiger partial charge in [0.05, 0.1) is 30.5 Å². The zero-order valence-electron chi connectivity index (χ0n) is 20.5. The van der Waals surface area contributed by atoms with Crippen molar-refractivity contribution in [3.8, 4) is 35.5 Å². The molecule has 10 nitrogen and oxygen atoms in total. The predicted molar refractivity (Wildman–Crippen MR) is 132 cm³/mol. The maximum Gasteiger partial charge on any atom is 0.410 e. The molecule has 0 saturated heterocycles. The van der Waals surface area contributed by atoms with E-state index in [4.69, 9.17) is 24.7 Å². The van der Waals surface area contributed by atoms with Crippen molar-refractivity contribution in [3.63, 3.8) is 0 Å². The zero-order valence-corrected chi connectivity index (χ0v) is 20.5. The fraction of sp³-hybridized carbons (Fsp3) is 0.286. The SMILES string of the molecule is COc1cc([C@@H]2[C@H]3CN(C(=O)OCc4ccccc4)CC=C3C(C#N)=C(N)C2(C#N)C#N)cc2c1OCO2. The second-order valence-electron chi connectivity index (χ2n) is 9.08. The van der Waals surface area contributed by atoms with Crippen LogP contribution in [0.3, 0.4) is 0 Å². The van der Waals surface area contributed by atoms with Gasteiger partial charge in [-0.2, -0.15) is 15.8 Å². The van der Waals surface area contributed by atoms with Crippen molar-refractivity contribution in [1.82, 2.24) is 4.90 Å². The third-order valence-electron chi connectivity index (χ3n) is 7.17. The van der Waals surface area contributed by atoms with E-state index in [1.807, 2.05) is 30.3 Å². The number of carbonyl (C=O) groups excluding carboxylic acids is 1. The number of amides is 1. The smallest absolute Gasteiger partial charge is 0.410 e. The molecule has 5 rings (SSSR count). The number of allylic oxidation sites excluding steroid dienone is 2. The lowest BCUT2D eigenvalue weighted by Crippen LogP contribution is -2.49. The third-order valence-corrected chi connectivity index (χ3v) is 7.17. The fourth-order valence-corrected chi connectivity index (χ4v) is 5.35. The highest BCUT2D eigenvalue weighted by molar-refractivity contribution is 5.70. The predicted octanol–water partition coefficient (Wildman–Crippen LogP) is 3.49. The van der Waals surface area contributed by atoms with E-state index in [9.17, 15) is 20.6 Å². The van der Waals surface area contributed by atoms with Crippen LogP contribution in [0.5, 0.6) is 17.2 Å². The van der Waals surface area contributed by atoms with E-state index in [0.29, 0.717) is 28.4 Å². The maximum atomic E-state index is 13.0. The van der Waals surface area contributed by atoms with Crippen LogP contribution in [0.15, 0.2) is 65.4 Å². The highest BCUT2D eigenvalue weighted by Gasteiger charge is 2.55. The number of benzene rings is 2. The lowest BCUT2D eigenvalue weighted by atomic mass is 9.58. The number of methoxy groups -OCH3 is 1. The van der Waals surface area contributed by atoms with Gasteiger partial charge in [0.2, 0.25) is 12.5 Å². The Kier molecular flexibility index (Phi) is 6.28. The molecular formula is C28H23N5O5. The summed E-state index contributed by atoms with van der Waals surface area (Å²) in [5.41, 5.74) is 6.43. The van der Waals surface area contributed by atoms with Crippen molar-refractivity contribution >= 4 is 6.09 Å². The largest absolute Gasteiger partial charge is 0.493 e. The molecule has 38 heavy (non-hydrogen) atoms. The summed E-state index contributed by atoms with van der Waals surface area (Å²) in [5, 5.41) is 30.7. The average Bonchev–Trinajstić information content (AvgIpc) is 3.44. The molecule has 0 aromatic heterocycles. The van der Waals surface area contributed by atoms with Crippen molar-refractivity contribution in [2.75, 3.05) is 27.0 Å². The molecule has 1 aliphatic carbocycles. The van der Waals surface area contributed by atoms with Crippen molar-refractivity contribution < 1.29 is 23.7 Å². The molecule has 10 heteroatoms. The quantitative estimate of drug-likeness (QED) is 0.652. The van der Waals surface area contributed by atoms with Crippen LogP contribution in [-0.4, -0.2) is 38.0 Å². The van der Waals surface area contributed by atoms with Crippen molar-refractivity contribution in [3.05, 3.63) is 76.5 Å². The minimum Gasteiger partial charge on any atom is -0.493 e. The average molecular weight is 510 g/mol. The van der Waals surface area contributed by atoms with E-state index < -0.39 is 23.3 Å². The molecule has 2 heterocycles. The first kappa shape index (κ1) is 24.5. The number of nitriles is 3. The first-order chi connectivity index (χ1) is 18.5. The van der Waals surface area contributed by atoms with E-state index in [1.54, 1.807) is 18.2 Å². The minimum absolute atomic E-state index is 0.00229. The van der Waals surface area contributed by atoms with Gasteiger partial charge in [-0.25, -0.2) is 4.79 Å². The van der Waals surface area contributed by atoms with Gasteiger partial charge in [-0.3, -0.25) is 0 Å². The van der Waals surface area contributed by atoms with E-state index in [1.165, 1.54) is 12.0 Å². The molecule has 0 spiro atoms. The molecule has 2 N–H and O–H groups in total. The Morgan fingerprint density at radius 2 is 1.95 bits per heavy atom. The Balaban J connectivity index is 1.57. The van der Waals surface area contributed by atoms with Crippen molar-refractivity contribution in [2.24, 2.45) is 17.1 Å². The second kappa shape index (κ2) is 9.72. The monoisotopic (exact) mass is 509 g/mol. The first-order valence-electron chi connectivity index (χ1n) is 11.8. The van der Waals surface area contributed by atoms with Gasteiger partial charge >= 0.3 is 6.09 Å². The molecule has 0 unspecified atom stereocenters. The van der Waals surface area contributed by atoms with Gasteiger partial charge in [-0.05, 0) is 28.8 Å². The standard InChI is InChI=1S/C28H23N5O5/c1-35-22-9-18(10-23-25(22)38-16-37-23)24-21-12-33(27(34)36-13-17-5-3-2-4-6-17)8-7-19(21)20(11-29)26(32)28(24,14-30)15-31/h2-7,9-10,21,24H,8,12-13,16,32H2,1H3/t21-,24+/m0/s1. The van der Waals surface area contributed by atoms with Gasteiger partial charge in [0.15, 0.2) is 16.9 Å². The molecule has 2 aliphatic heterocycles. The number of rotatable bonds is 4. The van der Waals surface area contributed by atoms with Crippen molar-refractivity contribution in [2.45, 2.75) is 12.5 Å². The Hall–Kier alpha value is -5.14. The molecule has 2 atom stereocenters. The summed E-state index contributed by atoms with van der Waals surface area (Å²) in [6.45, 7) is 0.375. The third kappa shape index (κ3) is 3.82. The van der Waals surface area contributed by atoms with Gasteiger partial charge in [0.25, 0.3) is 0 Å². The van der Waals surface area contributed by atoms with Gasteiger partial charge in [0.1, 0.15) is 12.7 Å². The lowest BCUT2D eigenvalue weighted by Gasteiger charge is -2.45. The molecule has 0 radical (unpaired) electrons. The van der Waals surface area contributed by atoms with Crippen molar-refractivity contribution in [1.29, 1.82) is 15.8 Å². The number of ether oxygens (including phenoxy) is 4. The van der Waals surface area contributed by atoms with E-state index in [2.05, 4.69) is 18.2 Å². The van der Waals surface area contributed by atoms with Crippen LogP contribution in [0, 0.1) is 45.3 Å². The number of fused-ring (bicyclic) bond motifs is 2. The number of carbonyl (C=O) groups is 1. The van der Waals surface area contributed by atoms with E-state index in [0.717, 1.165) is 5.56 Å². The molecule has 0 saturated carbocycles. The molecule has 0 fully saturated rings. The van der Waals surface area contributed by atoms with E-state index in [-0.39, 0.29) is 37.8 Å². The van der Waals surface area contributed by atoms with Gasteiger partial charge in [-0.1, -0.05) is 36.4 Å². The summed E-state index contributed by atoms with van der Waals surface area (Å²) in [5.74, 6) is -0.279. The normalized spacial score (nSPS) is 20.8. The number of hydrogen-bond acceptors (Lipinski definition) is 9. The van der Waals surface area contributed by atoms with Gasteiger partial charge in [-0.15, -0.1) is 0 Å². The summed E-state index contributed by atoms with van der Waals surface area (Å²) < 4.78 is 22.1. The molecule has 190 valence electrons. The van der Waals surface area contributed by atoms with Crippen LogP contribution in [0.25, 0.3) is 0 Å². The summed E-state index contributed by atoms with van der Waals surface area (Å²) in [7, 11) is 1.47. The molecule has 3 aliphatic rings. The molecule has 2 aromatic carbocycles. The highest BCUT2D eigenvalue weighted by Crippen LogP contribution is 2.56. The zero-order chi connectivity index (χ0) is 26.9. The maximum absolute atomic E-state index is 13.0. The van der Waals surface area contributed by atoms with Gasteiger partial charge in [0, 0.05) is 24.9 Å². The number of nitrogens with zero attached hydrogens (tertiary/aromatic N) is 4. The second-order valence-corrected chi connectivity index (χ2v) is 9.08.